The monoisotopic (exact) mass is 406 g/mol. The first-order valence-corrected chi connectivity index (χ1v) is 11.6. The molecular weight excluding hydrogens is 380 g/mol. The lowest BCUT2D eigenvalue weighted by Crippen LogP contribution is -2.49. The van der Waals surface area contributed by atoms with E-state index in [1.54, 1.807) is 0 Å². The van der Waals surface area contributed by atoms with Crippen molar-refractivity contribution in [1.82, 2.24) is 14.8 Å². The Hall–Kier alpha value is -2.13. The summed E-state index contributed by atoms with van der Waals surface area (Å²) in [5.41, 5.74) is 3.57. The predicted octanol–water partition coefficient (Wildman–Crippen LogP) is 4.67. The fourth-order valence-corrected chi connectivity index (χ4v) is 7.24. The van der Waals surface area contributed by atoms with Gasteiger partial charge in [0.25, 0.3) is 5.91 Å². The third-order valence-electron chi connectivity index (χ3n) is 7.14. The average molecular weight is 407 g/mol. The minimum absolute atomic E-state index is 0.0773. The highest BCUT2D eigenvalue weighted by Gasteiger charge is 2.52. The second kappa shape index (κ2) is 6.98. The number of hydrogen-bond acceptors (Lipinski definition) is 5. The van der Waals surface area contributed by atoms with E-state index in [1.807, 2.05) is 26.0 Å². The van der Waals surface area contributed by atoms with Crippen molar-refractivity contribution in [3.63, 3.8) is 0 Å². The minimum Gasteiger partial charge on any atom is -0.272 e. The van der Waals surface area contributed by atoms with E-state index in [-0.39, 0.29) is 17.1 Å². The zero-order chi connectivity index (χ0) is 20.2. The van der Waals surface area contributed by atoms with Crippen LogP contribution in [0.5, 0.6) is 0 Å². The van der Waals surface area contributed by atoms with Crippen molar-refractivity contribution in [1.29, 1.82) is 5.26 Å². The molecular formula is C23H26N4OS. The standard InChI is InChI=1S/C23H26N4OS/c1-14-5-15(2)27(26-14)21(28)13-29-22-19(12-24)3-4-20(25-22)23-9-16-6-17(10-23)8-18(7-16)11-23/h3-5,16-18H,6-11,13H2,1-2H3. The third kappa shape index (κ3) is 3.30. The van der Waals surface area contributed by atoms with Gasteiger partial charge in [0.15, 0.2) is 0 Å². The lowest BCUT2D eigenvalue weighted by molar-refractivity contribution is -0.00744. The zero-order valence-corrected chi connectivity index (χ0v) is 17.8. The SMILES string of the molecule is Cc1cc(C)n(C(=O)CSc2nc(C34CC5CC(CC(C5)C3)C4)ccc2C#N)n1. The van der Waals surface area contributed by atoms with E-state index in [1.165, 1.54) is 55.0 Å². The summed E-state index contributed by atoms with van der Waals surface area (Å²) in [6, 6.07) is 8.15. The third-order valence-corrected chi connectivity index (χ3v) is 8.12. The van der Waals surface area contributed by atoms with E-state index < -0.39 is 0 Å². The van der Waals surface area contributed by atoms with Gasteiger partial charge in [-0.15, -0.1) is 0 Å². The van der Waals surface area contributed by atoms with Crippen LogP contribution in [0.3, 0.4) is 0 Å². The minimum atomic E-state index is -0.0773. The predicted molar refractivity (Wildman–Crippen MR) is 112 cm³/mol. The number of pyridine rings is 1. The Morgan fingerprint density at radius 3 is 2.41 bits per heavy atom. The Kier molecular flexibility index (Phi) is 4.54. The van der Waals surface area contributed by atoms with Crippen LogP contribution >= 0.6 is 11.8 Å². The molecule has 29 heavy (non-hydrogen) atoms. The van der Waals surface area contributed by atoms with Gasteiger partial charge in [0, 0.05) is 16.8 Å². The topological polar surface area (TPSA) is 71.6 Å². The summed E-state index contributed by atoms with van der Waals surface area (Å²) in [5.74, 6) is 2.70. The van der Waals surface area contributed by atoms with Crippen LogP contribution in [0.2, 0.25) is 0 Å². The van der Waals surface area contributed by atoms with Crippen LogP contribution in [-0.4, -0.2) is 26.4 Å². The first-order valence-electron chi connectivity index (χ1n) is 10.6. The van der Waals surface area contributed by atoms with E-state index >= 15 is 0 Å². The second-order valence-corrected chi connectivity index (χ2v) is 10.3. The van der Waals surface area contributed by atoms with Gasteiger partial charge in [-0.2, -0.15) is 10.4 Å². The number of carbonyl (C=O) groups is 1. The fourth-order valence-electron chi connectivity index (χ4n) is 6.43. The maximum absolute atomic E-state index is 12.6. The fraction of sp³-hybridized carbons (Fsp3) is 0.565. The van der Waals surface area contributed by atoms with Gasteiger partial charge in [-0.1, -0.05) is 11.8 Å². The molecule has 0 radical (unpaired) electrons. The summed E-state index contributed by atoms with van der Waals surface area (Å²) in [6.45, 7) is 3.77. The molecule has 4 fully saturated rings. The van der Waals surface area contributed by atoms with Crippen molar-refractivity contribution in [2.75, 3.05) is 5.75 Å². The summed E-state index contributed by atoms with van der Waals surface area (Å²) in [5, 5.41) is 14.5. The largest absolute Gasteiger partial charge is 0.272 e. The van der Waals surface area contributed by atoms with Crippen LogP contribution in [0, 0.1) is 42.9 Å². The Balaban J connectivity index is 1.40. The van der Waals surface area contributed by atoms with Crippen molar-refractivity contribution in [3.05, 3.63) is 40.8 Å². The molecule has 6 heteroatoms. The van der Waals surface area contributed by atoms with Crippen LogP contribution in [0.15, 0.2) is 23.2 Å². The normalized spacial score (nSPS) is 29.8. The van der Waals surface area contributed by atoms with E-state index in [4.69, 9.17) is 4.98 Å². The summed E-state index contributed by atoms with van der Waals surface area (Å²) in [7, 11) is 0. The maximum Gasteiger partial charge on any atom is 0.257 e. The molecule has 2 aromatic rings. The molecule has 0 amide bonds. The average Bonchev–Trinajstić information content (AvgIpc) is 3.03. The van der Waals surface area contributed by atoms with Crippen LogP contribution in [0.4, 0.5) is 0 Å². The van der Waals surface area contributed by atoms with E-state index in [9.17, 15) is 10.1 Å². The van der Waals surface area contributed by atoms with Gasteiger partial charge in [0.2, 0.25) is 0 Å². The van der Waals surface area contributed by atoms with Crippen molar-refractivity contribution in [3.8, 4) is 6.07 Å². The van der Waals surface area contributed by atoms with Gasteiger partial charge in [-0.05, 0) is 88.3 Å². The summed E-state index contributed by atoms with van der Waals surface area (Å²) < 4.78 is 1.46. The highest BCUT2D eigenvalue weighted by Crippen LogP contribution is 2.60. The molecule has 0 aromatic carbocycles. The van der Waals surface area contributed by atoms with Crippen molar-refractivity contribution < 1.29 is 4.79 Å². The van der Waals surface area contributed by atoms with Crippen LogP contribution < -0.4 is 0 Å². The van der Waals surface area contributed by atoms with Crippen molar-refractivity contribution in [2.45, 2.75) is 62.8 Å². The molecule has 0 aliphatic heterocycles. The van der Waals surface area contributed by atoms with Gasteiger partial charge in [-0.25, -0.2) is 9.67 Å². The van der Waals surface area contributed by atoms with Gasteiger partial charge in [0.1, 0.15) is 11.1 Å². The first-order chi connectivity index (χ1) is 14.0. The zero-order valence-electron chi connectivity index (χ0n) is 17.0. The molecule has 0 N–H and O–H groups in total. The molecule has 4 aliphatic carbocycles. The van der Waals surface area contributed by atoms with Crippen molar-refractivity contribution >= 4 is 17.7 Å². The Morgan fingerprint density at radius 2 is 1.86 bits per heavy atom. The number of aryl methyl sites for hydroxylation is 2. The van der Waals surface area contributed by atoms with Crippen molar-refractivity contribution in [2.24, 2.45) is 17.8 Å². The molecule has 4 saturated carbocycles. The molecule has 0 saturated heterocycles. The summed E-state index contributed by atoms with van der Waals surface area (Å²) >= 11 is 1.37. The second-order valence-electron chi connectivity index (χ2n) is 9.38. The smallest absolute Gasteiger partial charge is 0.257 e. The quantitative estimate of drug-likeness (QED) is 0.690. The molecule has 4 bridgehead atoms. The number of hydrogen-bond donors (Lipinski definition) is 0. The van der Waals surface area contributed by atoms with E-state index in [0.717, 1.165) is 34.8 Å². The molecule has 2 heterocycles. The number of carbonyl (C=O) groups excluding carboxylic acids is 1. The molecule has 0 unspecified atom stereocenters. The van der Waals surface area contributed by atoms with E-state index in [2.05, 4.69) is 17.2 Å². The number of aromatic nitrogens is 3. The summed E-state index contributed by atoms with van der Waals surface area (Å²) in [6.07, 6.45) is 7.92. The number of nitriles is 1. The lowest BCUT2D eigenvalue weighted by Gasteiger charge is -2.56. The molecule has 0 spiro atoms. The van der Waals surface area contributed by atoms with Crippen LogP contribution in [0.25, 0.3) is 0 Å². The summed E-state index contributed by atoms with van der Waals surface area (Å²) in [4.78, 5) is 17.6. The van der Waals surface area contributed by atoms with Gasteiger partial charge >= 0.3 is 0 Å². The lowest BCUT2D eigenvalue weighted by atomic mass is 9.49. The number of rotatable bonds is 4. The number of thioether (sulfide) groups is 1. The molecule has 6 rings (SSSR count). The van der Waals surface area contributed by atoms with Crippen LogP contribution in [-0.2, 0) is 5.41 Å². The Bertz CT molecular complexity index is 983. The van der Waals surface area contributed by atoms with E-state index in [0.29, 0.717) is 10.6 Å². The Labute approximate surface area is 175 Å². The molecule has 0 atom stereocenters. The van der Waals surface area contributed by atoms with Gasteiger partial charge < -0.3 is 0 Å². The first kappa shape index (κ1) is 18.9. The molecule has 4 aliphatic rings. The molecule has 2 aromatic heterocycles. The molecule has 150 valence electrons. The van der Waals surface area contributed by atoms with Crippen LogP contribution in [0.1, 0.15) is 66.0 Å². The highest BCUT2D eigenvalue weighted by molar-refractivity contribution is 8.00. The maximum atomic E-state index is 12.6. The Morgan fingerprint density at radius 1 is 1.21 bits per heavy atom. The van der Waals surface area contributed by atoms with Gasteiger partial charge in [-0.3, -0.25) is 4.79 Å². The highest BCUT2D eigenvalue weighted by atomic mass is 32.2. The number of nitrogens with zero attached hydrogens (tertiary/aromatic N) is 4. The molecule has 5 nitrogen and oxygen atoms in total. The van der Waals surface area contributed by atoms with Gasteiger partial charge in [0.05, 0.1) is 17.0 Å².